The zero-order valence-electron chi connectivity index (χ0n) is 13.1. The fraction of sp³-hybridized carbons (Fsp3) is 0.278. The monoisotopic (exact) mass is 385 g/mol. The third kappa shape index (κ3) is 4.12. The fourth-order valence-electron chi connectivity index (χ4n) is 2.79. The van der Waals surface area contributed by atoms with Crippen LogP contribution in [-0.2, 0) is 17.4 Å². The predicted molar refractivity (Wildman–Crippen MR) is 93.5 cm³/mol. The number of rotatable bonds is 3. The average molecular weight is 386 g/mol. The number of benzene rings is 2. The summed E-state index contributed by atoms with van der Waals surface area (Å²) in [5.74, 6) is 0.568. The number of amides is 1. The van der Waals surface area contributed by atoms with Crippen molar-refractivity contribution in [3.63, 3.8) is 0 Å². The molecule has 0 bridgehead atoms. The van der Waals surface area contributed by atoms with Gasteiger partial charge in [-0.15, -0.1) is 11.8 Å². The minimum Gasteiger partial charge on any atom is -0.325 e. The quantitative estimate of drug-likeness (QED) is 0.726. The van der Waals surface area contributed by atoms with Crippen LogP contribution in [0.25, 0.3) is 0 Å². The molecule has 0 aliphatic carbocycles. The molecule has 132 valence electrons. The standard InChI is InChI=1S/C18H15ClF3NOS/c19-15-7-2-1-6-14(15)17-23(8-9-25-17)16(24)11-12-4-3-5-13(10-12)18(20,21)22/h1-7,10,17H,8-9,11H2. The van der Waals surface area contributed by atoms with Crippen molar-refractivity contribution in [2.24, 2.45) is 0 Å². The number of hydrogen-bond donors (Lipinski definition) is 0. The minimum atomic E-state index is -4.41. The normalized spacial score (nSPS) is 17.8. The molecule has 1 heterocycles. The lowest BCUT2D eigenvalue weighted by Crippen LogP contribution is -2.31. The Morgan fingerprint density at radius 2 is 1.96 bits per heavy atom. The van der Waals surface area contributed by atoms with E-state index in [1.165, 1.54) is 6.07 Å². The summed E-state index contributed by atoms with van der Waals surface area (Å²) >= 11 is 7.83. The maximum absolute atomic E-state index is 12.8. The molecule has 2 aromatic carbocycles. The molecule has 2 aromatic rings. The zero-order chi connectivity index (χ0) is 18.0. The van der Waals surface area contributed by atoms with Crippen molar-refractivity contribution in [3.05, 3.63) is 70.2 Å². The molecule has 1 atom stereocenters. The van der Waals surface area contributed by atoms with E-state index in [9.17, 15) is 18.0 Å². The molecule has 1 aliphatic rings. The number of halogens is 4. The summed E-state index contributed by atoms with van der Waals surface area (Å²) in [7, 11) is 0. The maximum Gasteiger partial charge on any atom is 0.416 e. The molecule has 0 spiro atoms. The molecule has 1 fully saturated rings. The number of hydrogen-bond acceptors (Lipinski definition) is 2. The first-order valence-electron chi connectivity index (χ1n) is 7.68. The number of alkyl halides is 3. The van der Waals surface area contributed by atoms with E-state index >= 15 is 0 Å². The molecule has 1 amide bonds. The van der Waals surface area contributed by atoms with Crippen molar-refractivity contribution in [1.29, 1.82) is 0 Å². The van der Waals surface area contributed by atoms with Crippen LogP contribution in [-0.4, -0.2) is 23.1 Å². The van der Waals surface area contributed by atoms with Gasteiger partial charge in [-0.25, -0.2) is 0 Å². The maximum atomic E-state index is 12.8. The third-order valence-electron chi connectivity index (χ3n) is 3.99. The van der Waals surface area contributed by atoms with E-state index < -0.39 is 11.7 Å². The fourth-order valence-corrected chi connectivity index (χ4v) is 4.41. The van der Waals surface area contributed by atoms with E-state index in [4.69, 9.17) is 11.6 Å². The molecule has 1 unspecified atom stereocenters. The smallest absolute Gasteiger partial charge is 0.325 e. The highest BCUT2D eigenvalue weighted by atomic mass is 35.5. The van der Waals surface area contributed by atoms with Crippen LogP contribution in [0.1, 0.15) is 22.1 Å². The van der Waals surface area contributed by atoms with Gasteiger partial charge < -0.3 is 4.90 Å². The van der Waals surface area contributed by atoms with Gasteiger partial charge in [0.2, 0.25) is 5.91 Å². The molecular weight excluding hydrogens is 371 g/mol. The second kappa shape index (κ2) is 7.30. The summed E-state index contributed by atoms with van der Waals surface area (Å²) in [4.78, 5) is 14.3. The van der Waals surface area contributed by atoms with Crippen LogP contribution in [0.3, 0.4) is 0 Å². The SMILES string of the molecule is O=C(Cc1cccc(C(F)(F)F)c1)N1CCSC1c1ccccc1Cl. The lowest BCUT2D eigenvalue weighted by atomic mass is 10.1. The molecule has 0 aromatic heterocycles. The van der Waals surface area contributed by atoms with Gasteiger partial charge in [0.05, 0.1) is 12.0 Å². The van der Waals surface area contributed by atoms with Crippen LogP contribution in [0.2, 0.25) is 5.02 Å². The summed E-state index contributed by atoms with van der Waals surface area (Å²) in [6, 6.07) is 12.2. The van der Waals surface area contributed by atoms with Crippen molar-refractivity contribution < 1.29 is 18.0 Å². The third-order valence-corrected chi connectivity index (χ3v) is 5.58. The summed E-state index contributed by atoms with van der Waals surface area (Å²) in [5, 5.41) is 0.380. The van der Waals surface area contributed by atoms with Gasteiger partial charge in [0.1, 0.15) is 5.37 Å². The Morgan fingerprint density at radius 1 is 1.20 bits per heavy atom. The van der Waals surface area contributed by atoms with E-state index in [1.54, 1.807) is 28.8 Å². The summed E-state index contributed by atoms with van der Waals surface area (Å²) in [6.07, 6.45) is -4.48. The topological polar surface area (TPSA) is 20.3 Å². The van der Waals surface area contributed by atoms with Crippen molar-refractivity contribution in [2.75, 3.05) is 12.3 Å². The highest BCUT2D eigenvalue weighted by Gasteiger charge is 2.33. The number of nitrogens with zero attached hydrogens (tertiary/aromatic N) is 1. The lowest BCUT2D eigenvalue weighted by molar-refractivity contribution is -0.138. The van der Waals surface area contributed by atoms with Crippen LogP contribution in [0.4, 0.5) is 13.2 Å². The molecule has 7 heteroatoms. The molecule has 1 saturated heterocycles. The van der Waals surface area contributed by atoms with Crippen LogP contribution >= 0.6 is 23.4 Å². The van der Waals surface area contributed by atoms with Gasteiger partial charge in [0, 0.05) is 22.9 Å². The average Bonchev–Trinajstić information content (AvgIpc) is 3.04. The van der Waals surface area contributed by atoms with Gasteiger partial charge in [-0.2, -0.15) is 13.2 Å². The predicted octanol–water partition coefficient (Wildman–Crippen LogP) is 5.18. The number of thioether (sulfide) groups is 1. The summed E-state index contributed by atoms with van der Waals surface area (Å²) < 4.78 is 38.5. The van der Waals surface area contributed by atoms with Gasteiger partial charge in [0.15, 0.2) is 0 Å². The Morgan fingerprint density at radius 3 is 2.68 bits per heavy atom. The van der Waals surface area contributed by atoms with Crippen LogP contribution in [0, 0.1) is 0 Å². The van der Waals surface area contributed by atoms with Gasteiger partial charge in [-0.3, -0.25) is 4.79 Å². The number of carbonyl (C=O) groups is 1. The van der Waals surface area contributed by atoms with Crippen molar-refractivity contribution in [1.82, 2.24) is 4.90 Å². The highest BCUT2D eigenvalue weighted by Crippen LogP contribution is 2.41. The molecule has 25 heavy (non-hydrogen) atoms. The van der Waals surface area contributed by atoms with Gasteiger partial charge in [-0.1, -0.05) is 48.0 Å². The number of carbonyl (C=O) groups excluding carboxylic acids is 1. The Balaban J connectivity index is 1.78. The molecule has 0 radical (unpaired) electrons. The van der Waals surface area contributed by atoms with Crippen LogP contribution in [0.15, 0.2) is 48.5 Å². The molecule has 3 rings (SSSR count). The van der Waals surface area contributed by atoms with Crippen molar-refractivity contribution >= 4 is 29.3 Å². The molecule has 1 aliphatic heterocycles. The van der Waals surface area contributed by atoms with E-state index in [0.29, 0.717) is 17.1 Å². The van der Waals surface area contributed by atoms with E-state index in [-0.39, 0.29) is 17.7 Å². The molecule has 2 nitrogen and oxygen atoms in total. The first-order valence-corrected chi connectivity index (χ1v) is 9.10. The first kappa shape index (κ1) is 18.1. The van der Waals surface area contributed by atoms with Gasteiger partial charge >= 0.3 is 6.18 Å². The summed E-state index contributed by atoms with van der Waals surface area (Å²) in [6.45, 7) is 0.554. The Kier molecular flexibility index (Phi) is 5.29. The molecule has 0 N–H and O–H groups in total. The van der Waals surface area contributed by atoms with Crippen molar-refractivity contribution in [3.8, 4) is 0 Å². The summed E-state index contributed by atoms with van der Waals surface area (Å²) in [5.41, 5.74) is 0.468. The second-order valence-electron chi connectivity index (χ2n) is 5.71. The van der Waals surface area contributed by atoms with Crippen molar-refractivity contribution in [2.45, 2.75) is 18.0 Å². The zero-order valence-corrected chi connectivity index (χ0v) is 14.7. The van der Waals surface area contributed by atoms with Gasteiger partial charge in [0.25, 0.3) is 0 Å². The van der Waals surface area contributed by atoms with Gasteiger partial charge in [-0.05, 0) is 17.7 Å². The Bertz CT molecular complexity index is 781. The highest BCUT2D eigenvalue weighted by molar-refractivity contribution is 7.99. The van der Waals surface area contributed by atoms with E-state index in [1.807, 2.05) is 18.2 Å². The molecular formula is C18H15ClF3NOS. The first-order chi connectivity index (χ1) is 11.9. The van der Waals surface area contributed by atoms with E-state index in [0.717, 1.165) is 23.4 Å². The van der Waals surface area contributed by atoms with Crippen LogP contribution in [0.5, 0.6) is 0 Å². The largest absolute Gasteiger partial charge is 0.416 e. The van der Waals surface area contributed by atoms with E-state index in [2.05, 4.69) is 0 Å². The Labute approximate surface area is 153 Å². The molecule has 0 saturated carbocycles. The lowest BCUT2D eigenvalue weighted by Gasteiger charge is -2.25. The second-order valence-corrected chi connectivity index (χ2v) is 7.30. The Hall–Kier alpha value is -1.66. The minimum absolute atomic E-state index is 0.0641. The van der Waals surface area contributed by atoms with Crippen LogP contribution < -0.4 is 0 Å².